The molecule has 0 atom stereocenters. The highest BCUT2D eigenvalue weighted by atomic mass is 32.1. The number of rotatable bonds is 5. The van der Waals surface area contributed by atoms with E-state index in [2.05, 4.69) is 10.3 Å². The van der Waals surface area contributed by atoms with Crippen molar-refractivity contribution in [2.24, 2.45) is 0 Å². The van der Waals surface area contributed by atoms with Crippen LogP contribution in [0.1, 0.15) is 31.6 Å². The number of nitrogens with zero attached hydrogens (tertiary/aromatic N) is 1. The second kappa shape index (κ2) is 8.44. The highest BCUT2D eigenvalue weighted by molar-refractivity contribution is 7.15. The first kappa shape index (κ1) is 20.8. The fourth-order valence-corrected chi connectivity index (χ4v) is 4.52. The third-order valence-electron chi connectivity index (χ3n) is 5.13. The maximum Gasteiger partial charge on any atom is 0.275 e. The maximum absolute atomic E-state index is 13.3. The van der Waals surface area contributed by atoms with Crippen LogP contribution in [0.2, 0.25) is 0 Å². The number of aromatic nitrogens is 1. The molecule has 33 heavy (non-hydrogen) atoms. The minimum atomic E-state index is -0.459. The summed E-state index contributed by atoms with van der Waals surface area (Å²) >= 11 is 1.42. The molecule has 0 aliphatic rings. The van der Waals surface area contributed by atoms with Crippen LogP contribution in [0, 0.1) is 12.7 Å². The first-order valence-electron chi connectivity index (χ1n) is 10.2. The van der Waals surface area contributed by atoms with E-state index in [1.807, 2.05) is 37.3 Å². The SMILES string of the molecule is Cc1nc(C(=O)Nc2c(C(=O)c3ccc(F)cc3)oc3ccccc23)c(-c2ccccc2)s1. The van der Waals surface area contributed by atoms with Crippen LogP contribution in [0.15, 0.2) is 83.3 Å². The lowest BCUT2D eigenvalue weighted by Gasteiger charge is -2.07. The molecular weight excluding hydrogens is 439 g/mol. The molecule has 0 aliphatic carbocycles. The molecule has 2 aromatic heterocycles. The molecule has 162 valence electrons. The first-order chi connectivity index (χ1) is 16.0. The summed E-state index contributed by atoms with van der Waals surface area (Å²) in [5.74, 6) is -1.38. The summed E-state index contributed by atoms with van der Waals surface area (Å²) in [4.78, 5) is 31.7. The zero-order chi connectivity index (χ0) is 22.9. The molecule has 5 nitrogen and oxygen atoms in total. The molecule has 0 spiro atoms. The molecule has 3 aromatic carbocycles. The van der Waals surface area contributed by atoms with E-state index in [9.17, 15) is 14.0 Å². The van der Waals surface area contributed by atoms with Crippen LogP contribution in [0.3, 0.4) is 0 Å². The standard InChI is InChI=1S/C26H17FN2O3S/c1-15-28-22(25(33-15)17-7-3-2-4-8-17)26(31)29-21-19-9-5-6-10-20(19)32-24(21)23(30)16-11-13-18(27)14-12-16/h2-14H,1H3,(H,29,31). The summed E-state index contributed by atoms with van der Waals surface area (Å²) in [6.45, 7) is 1.84. The van der Waals surface area contributed by atoms with Crippen molar-refractivity contribution in [3.05, 3.63) is 107 Å². The Hall–Kier alpha value is -4.10. The minimum Gasteiger partial charge on any atom is -0.450 e. The Bertz CT molecular complexity index is 1490. The van der Waals surface area contributed by atoms with Crippen molar-refractivity contribution in [1.82, 2.24) is 4.98 Å². The summed E-state index contributed by atoms with van der Waals surface area (Å²) in [6, 6.07) is 21.8. The van der Waals surface area contributed by atoms with Crippen LogP contribution in [0.5, 0.6) is 0 Å². The average Bonchev–Trinajstić information content (AvgIpc) is 3.40. The van der Waals surface area contributed by atoms with E-state index in [0.717, 1.165) is 15.4 Å². The number of para-hydroxylation sites is 1. The second-order valence-corrected chi connectivity index (χ2v) is 8.57. The molecule has 0 saturated carbocycles. The van der Waals surface area contributed by atoms with Gasteiger partial charge >= 0.3 is 0 Å². The zero-order valence-electron chi connectivity index (χ0n) is 17.5. The number of aryl methyl sites for hydroxylation is 1. The van der Waals surface area contributed by atoms with E-state index in [1.165, 1.54) is 35.6 Å². The lowest BCUT2D eigenvalue weighted by molar-refractivity contribution is 0.101. The molecule has 0 bridgehead atoms. The van der Waals surface area contributed by atoms with E-state index in [0.29, 0.717) is 11.0 Å². The van der Waals surface area contributed by atoms with Gasteiger partial charge < -0.3 is 9.73 Å². The van der Waals surface area contributed by atoms with Crippen LogP contribution in [0.4, 0.5) is 10.1 Å². The molecule has 0 fully saturated rings. The lowest BCUT2D eigenvalue weighted by atomic mass is 10.1. The molecule has 7 heteroatoms. The number of carbonyl (C=O) groups is 2. The van der Waals surface area contributed by atoms with Crippen LogP contribution in [-0.4, -0.2) is 16.7 Å². The van der Waals surface area contributed by atoms with Gasteiger partial charge in [0.2, 0.25) is 5.78 Å². The van der Waals surface area contributed by atoms with Crippen molar-refractivity contribution < 1.29 is 18.4 Å². The van der Waals surface area contributed by atoms with Crippen molar-refractivity contribution >= 4 is 39.7 Å². The summed E-state index contributed by atoms with van der Waals surface area (Å²) in [5, 5.41) is 4.19. The predicted octanol–water partition coefficient (Wildman–Crippen LogP) is 6.49. The second-order valence-electron chi connectivity index (χ2n) is 7.37. The summed E-state index contributed by atoms with van der Waals surface area (Å²) < 4.78 is 19.2. The van der Waals surface area contributed by atoms with Gasteiger partial charge in [-0.2, -0.15) is 0 Å². The molecule has 0 aliphatic heterocycles. The van der Waals surface area contributed by atoms with Crippen molar-refractivity contribution in [1.29, 1.82) is 0 Å². The van der Waals surface area contributed by atoms with Gasteiger partial charge in [0, 0.05) is 10.9 Å². The van der Waals surface area contributed by atoms with E-state index in [4.69, 9.17) is 4.42 Å². The number of benzene rings is 3. The minimum absolute atomic E-state index is 0.0237. The monoisotopic (exact) mass is 456 g/mol. The summed E-state index contributed by atoms with van der Waals surface area (Å²) in [5.41, 5.74) is 2.12. The number of amides is 1. The number of nitrogens with one attached hydrogen (secondary N) is 1. The molecule has 0 saturated heterocycles. The highest BCUT2D eigenvalue weighted by Gasteiger charge is 2.26. The quantitative estimate of drug-likeness (QED) is 0.307. The Morgan fingerprint density at radius 2 is 1.64 bits per heavy atom. The van der Waals surface area contributed by atoms with E-state index >= 15 is 0 Å². The van der Waals surface area contributed by atoms with Crippen LogP contribution >= 0.6 is 11.3 Å². The number of furan rings is 1. The number of thiazole rings is 1. The number of fused-ring (bicyclic) bond motifs is 1. The van der Waals surface area contributed by atoms with E-state index < -0.39 is 17.5 Å². The molecule has 0 unspecified atom stereocenters. The number of anilines is 1. The van der Waals surface area contributed by atoms with E-state index in [-0.39, 0.29) is 22.7 Å². The van der Waals surface area contributed by atoms with Crippen LogP contribution in [-0.2, 0) is 0 Å². The maximum atomic E-state index is 13.3. The Morgan fingerprint density at radius 3 is 2.39 bits per heavy atom. The van der Waals surface area contributed by atoms with Crippen LogP contribution < -0.4 is 5.32 Å². The fourth-order valence-electron chi connectivity index (χ4n) is 3.60. The van der Waals surface area contributed by atoms with Crippen LogP contribution in [0.25, 0.3) is 21.4 Å². The molecule has 0 radical (unpaired) electrons. The Balaban J connectivity index is 1.57. The fraction of sp³-hybridized carbons (Fsp3) is 0.0385. The van der Waals surface area contributed by atoms with Gasteiger partial charge in [-0.3, -0.25) is 9.59 Å². The molecular formula is C26H17FN2O3S. The molecule has 1 amide bonds. The smallest absolute Gasteiger partial charge is 0.275 e. The van der Waals surface area contributed by atoms with Gasteiger partial charge in [0.25, 0.3) is 5.91 Å². The number of ketones is 1. The zero-order valence-corrected chi connectivity index (χ0v) is 18.3. The van der Waals surface area contributed by atoms with Crippen molar-refractivity contribution in [3.63, 3.8) is 0 Å². The number of halogens is 1. The lowest BCUT2D eigenvalue weighted by Crippen LogP contribution is -2.15. The topological polar surface area (TPSA) is 72.2 Å². The normalized spacial score (nSPS) is 11.0. The Labute approximate surface area is 192 Å². The van der Waals surface area contributed by atoms with E-state index in [1.54, 1.807) is 24.3 Å². The first-order valence-corrected chi connectivity index (χ1v) is 11.0. The van der Waals surface area contributed by atoms with Gasteiger partial charge in [0.05, 0.1) is 15.6 Å². The predicted molar refractivity (Wildman–Crippen MR) is 126 cm³/mol. The summed E-state index contributed by atoms with van der Waals surface area (Å²) in [6.07, 6.45) is 0. The third kappa shape index (κ3) is 3.94. The molecule has 5 rings (SSSR count). The largest absolute Gasteiger partial charge is 0.450 e. The Kier molecular flexibility index (Phi) is 5.32. The molecule has 5 aromatic rings. The van der Waals surface area contributed by atoms with Gasteiger partial charge in [0.15, 0.2) is 5.76 Å². The number of carbonyl (C=O) groups excluding carboxylic acids is 2. The van der Waals surface area contributed by atoms with Crippen molar-refractivity contribution in [2.45, 2.75) is 6.92 Å². The number of hydrogen-bond acceptors (Lipinski definition) is 5. The van der Waals surface area contributed by atoms with Gasteiger partial charge in [-0.05, 0) is 48.9 Å². The molecule has 1 N–H and O–H groups in total. The highest BCUT2D eigenvalue weighted by Crippen LogP contribution is 2.35. The van der Waals surface area contributed by atoms with Gasteiger partial charge in [-0.15, -0.1) is 11.3 Å². The average molecular weight is 456 g/mol. The van der Waals surface area contributed by atoms with Crippen molar-refractivity contribution in [3.8, 4) is 10.4 Å². The third-order valence-corrected chi connectivity index (χ3v) is 6.15. The van der Waals surface area contributed by atoms with Gasteiger partial charge in [0.1, 0.15) is 17.1 Å². The molecule has 2 heterocycles. The van der Waals surface area contributed by atoms with Gasteiger partial charge in [-0.25, -0.2) is 9.37 Å². The Morgan fingerprint density at radius 1 is 0.939 bits per heavy atom. The summed E-state index contributed by atoms with van der Waals surface area (Å²) in [7, 11) is 0. The van der Waals surface area contributed by atoms with Crippen molar-refractivity contribution in [2.75, 3.05) is 5.32 Å². The van der Waals surface area contributed by atoms with Gasteiger partial charge in [-0.1, -0.05) is 42.5 Å². The number of hydrogen-bond donors (Lipinski definition) is 1.